The zero-order valence-electron chi connectivity index (χ0n) is 23.2. The van der Waals surface area contributed by atoms with Gasteiger partial charge in [-0.05, 0) is 74.1 Å². The summed E-state index contributed by atoms with van der Waals surface area (Å²) < 4.78 is 5.07. The van der Waals surface area contributed by atoms with E-state index < -0.39 is 48.0 Å². The van der Waals surface area contributed by atoms with Crippen LogP contribution in [0.5, 0.6) is 0 Å². The molecule has 0 bridgehead atoms. The number of allylic oxidation sites excluding steroid dienone is 5. The van der Waals surface area contributed by atoms with E-state index in [1.807, 2.05) is 13.0 Å². The Hall–Kier alpha value is -2.75. The number of carbonyl (C=O) groups is 4. The van der Waals surface area contributed by atoms with Gasteiger partial charge in [-0.1, -0.05) is 42.4 Å². The summed E-state index contributed by atoms with van der Waals surface area (Å²) in [7, 11) is 0. The number of carboxylic acids is 2. The molecule has 0 saturated heterocycles. The van der Waals surface area contributed by atoms with Gasteiger partial charge in [0, 0.05) is 11.5 Å². The monoisotopic (exact) mass is 556 g/mol. The largest absolute Gasteiger partial charge is 0.481 e. The molecule has 0 heterocycles. The molecule has 0 aliphatic rings. The number of carbonyl (C=O) groups excluding carboxylic acids is 2. The van der Waals surface area contributed by atoms with Gasteiger partial charge < -0.3 is 25.6 Å². The average Bonchev–Trinajstić information content (AvgIpc) is 2.73. The van der Waals surface area contributed by atoms with Gasteiger partial charge in [-0.15, -0.1) is 0 Å². The van der Waals surface area contributed by atoms with Gasteiger partial charge in [-0.2, -0.15) is 11.8 Å². The Labute approximate surface area is 232 Å². The number of ether oxygens (including phenoxy) is 1. The Kier molecular flexibility index (Phi) is 19.0. The van der Waals surface area contributed by atoms with E-state index in [1.54, 1.807) is 20.8 Å². The van der Waals surface area contributed by atoms with Gasteiger partial charge in [0.15, 0.2) is 0 Å². The van der Waals surface area contributed by atoms with Crippen LogP contribution in [-0.4, -0.2) is 63.3 Å². The van der Waals surface area contributed by atoms with Crippen LogP contribution in [0.3, 0.4) is 0 Å². The van der Waals surface area contributed by atoms with Crippen LogP contribution in [0, 0.1) is 0 Å². The van der Waals surface area contributed by atoms with E-state index in [1.165, 1.54) is 28.5 Å². The van der Waals surface area contributed by atoms with Crippen LogP contribution in [-0.2, 0) is 19.1 Å². The molecule has 0 rings (SSSR count). The van der Waals surface area contributed by atoms with Crippen LogP contribution in [0.4, 0.5) is 4.79 Å². The van der Waals surface area contributed by atoms with Crippen molar-refractivity contribution in [2.24, 2.45) is 0 Å². The molecule has 0 saturated carbocycles. The highest BCUT2D eigenvalue weighted by molar-refractivity contribution is 7.99. The molecule has 0 aromatic carbocycles. The van der Waals surface area contributed by atoms with E-state index in [-0.39, 0.29) is 13.2 Å². The molecular weight excluding hydrogens is 508 g/mol. The van der Waals surface area contributed by atoms with Gasteiger partial charge in [0.05, 0.1) is 6.42 Å². The molecule has 9 nitrogen and oxygen atoms in total. The molecule has 10 heteroatoms. The number of aliphatic carboxylic acids is 2. The summed E-state index contributed by atoms with van der Waals surface area (Å²) >= 11 is 1.34. The first-order valence-electron chi connectivity index (χ1n) is 12.4. The second kappa shape index (κ2) is 19.3. The predicted octanol–water partition coefficient (Wildman–Crippen LogP) is 5.71. The summed E-state index contributed by atoms with van der Waals surface area (Å²) in [6.45, 7) is 13.2. The highest BCUT2D eigenvalue weighted by Crippen LogP contribution is 2.13. The first-order valence-corrected chi connectivity index (χ1v) is 13.5. The molecule has 2 atom stereocenters. The summed E-state index contributed by atoms with van der Waals surface area (Å²) in [5, 5.41) is 23.1. The lowest BCUT2D eigenvalue weighted by Gasteiger charge is -2.23. The minimum atomic E-state index is -1.47. The summed E-state index contributed by atoms with van der Waals surface area (Å²) in [6.07, 6.45) is 8.79. The second-order valence-electron chi connectivity index (χ2n) is 10.2. The highest BCUT2D eigenvalue weighted by atomic mass is 32.2. The molecule has 38 heavy (non-hydrogen) atoms. The highest BCUT2D eigenvalue weighted by Gasteiger charge is 2.29. The van der Waals surface area contributed by atoms with Crippen molar-refractivity contribution in [2.75, 3.05) is 11.5 Å². The van der Waals surface area contributed by atoms with Gasteiger partial charge in [-0.25, -0.2) is 9.59 Å². The van der Waals surface area contributed by atoms with Crippen molar-refractivity contribution < 1.29 is 34.1 Å². The molecule has 0 fully saturated rings. The Balaban J connectivity index is 0. The van der Waals surface area contributed by atoms with E-state index in [4.69, 9.17) is 9.84 Å². The van der Waals surface area contributed by atoms with Crippen molar-refractivity contribution in [3.05, 3.63) is 34.9 Å². The predicted molar refractivity (Wildman–Crippen MR) is 154 cm³/mol. The zero-order valence-corrected chi connectivity index (χ0v) is 24.0. The Bertz CT molecular complexity index is 869. The maximum absolute atomic E-state index is 12.6. The Morgan fingerprint density at radius 3 is 1.92 bits per heavy atom. The zero-order chi connectivity index (χ0) is 28.6. The van der Waals surface area contributed by atoms with Crippen LogP contribution >= 0.6 is 11.8 Å². The summed E-state index contributed by atoms with van der Waals surface area (Å²) in [5.41, 5.74) is 3.04. The maximum atomic E-state index is 12.6. The van der Waals surface area contributed by atoms with Crippen molar-refractivity contribution in [2.45, 2.75) is 106 Å². The molecule has 2 amide bonds. The van der Waals surface area contributed by atoms with Crippen LogP contribution in [0.2, 0.25) is 0 Å². The number of rotatable bonds is 16. The van der Waals surface area contributed by atoms with Gasteiger partial charge in [0.2, 0.25) is 5.91 Å². The van der Waals surface area contributed by atoms with E-state index in [0.717, 1.165) is 25.7 Å². The quantitative estimate of drug-likeness (QED) is 0.140. The van der Waals surface area contributed by atoms with Crippen molar-refractivity contribution in [1.29, 1.82) is 0 Å². The molecule has 0 radical (unpaired) electrons. The van der Waals surface area contributed by atoms with Crippen LogP contribution in [0.15, 0.2) is 34.9 Å². The van der Waals surface area contributed by atoms with Crippen molar-refractivity contribution >= 4 is 35.7 Å². The van der Waals surface area contributed by atoms with Crippen molar-refractivity contribution in [3.63, 3.8) is 0 Å². The molecule has 0 aromatic rings. The Morgan fingerprint density at radius 1 is 0.868 bits per heavy atom. The topological polar surface area (TPSA) is 142 Å². The van der Waals surface area contributed by atoms with Crippen molar-refractivity contribution in [1.82, 2.24) is 10.6 Å². The van der Waals surface area contributed by atoms with Gasteiger partial charge in [0.1, 0.15) is 17.7 Å². The minimum absolute atomic E-state index is 0. The number of hydrogen-bond donors (Lipinski definition) is 4. The van der Waals surface area contributed by atoms with Crippen LogP contribution < -0.4 is 10.6 Å². The summed E-state index contributed by atoms with van der Waals surface area (Å²) in [5.74, 6) is -2.82. The smallest absolute Gasteiger partial charge is 0.408 e. The third-order valence-electron chi connectivity index (χ3n) is 4.96. The first-order chi connectivity index (χ1) is 17.1. The summed E-state index contributed by atoms with van der Waals surface area (Å²) in [6, 6.07) is -2.71. The summed E-state index contributed by atoms with van der Waals surface area (Å²) in [4.78, 5) is 47.4. The van der Waals surface area contributed by atoms with E-state index in [9.17, 15) is 24.3 Å². The van der Waals surface area contributed by atoms with E-state index >= 15 is 0 Å². The van der Waals surface area contributed by atoms with Crippen molar-refractivity contribution in [3.8, 4) is 0 Å². The minimum Gasteiger partial charge on any atom is -0.481 e. The third-order valence-corrected chi connectivity index (χ3v) is 5.93. The lowest BCUT2D eigenvalue weighted by atomic mass is 10.1. The second-order valence-corrected chi connectivity index (χ2v) is 11.3. The fourth-order valence-corrected chi connectivity index (χ4v) is 4.01. The SMILES string of the molecule is C.CC(C)=CCC/C(C)=C/CC/C(C)=C/CSC[C@H](NC(=O)C(CC(=O)O)NC(=O)OC(C)(C)C)C(=O)O. The fraction of sp³-hybridized carbons (Fsp3) is 0.643. The van der Waals surface area contributed by atoms with E-state index in [2.05, 4.69) is 43.6 Å². The molecule has 218 valence electrons. The molecule has 0 spiro atoms. The van der Waals surface area contributed by atoms with Crippen LogP contribution in [0.25, 0.3) is 0 Å². The molecular formula is C28H48N2O7S. The number of hydrogen-bond acceptors (Lipinski definition) is 6. The average molecular weight is 557 g/mol. The molecule has 1 unspecified atom stereocenters. The number of thioether (sulfide) groups is 1. The number of nitrogens with one attached hydrogen (secondary N) is 2. The van der Waals surface area contributed by atoms with Crippen LogP contribution in [0.1, 0.15) is 88.0 Å². The first kappa shape index (κ1) is 37.4. The molecule has 0 aliphatic carbocycles. The maximum Gasteiger partial charge on any atom is 0.408 e. The Morgan fingerprint density at radius 2 is 1.42 bits per heavy atom. The number of amides is 2. The lowest BCUT2D eigenvalue weighted by molar-refractivity contribution is -0.142. The van der Waals surface area contributed by atoms with Gasteiger partial charge >= 0.3 is 18.0 Å². The number of alkyl carbamates (subject to hydrolysis) is 1. The third kappa shape index (κ3) is 20.3. The normalized spacial score (nSPS) is 13.4. The van der Waals surface area contributed by atoms with E-state index in [0.29, 0.717) is 5.75 Å². The number of carboxylic acid groups (broad SMARTS) is 2. The molecule has 4 N–H and O–H groups in total. The molecule has 0 aromatic heterocycles. The van der Waals surface area contributed by atoms with Gasteiger partial charge in [0.25, 0.3) is 0 Å². The fourth-order valence-electron chi connectivity index (χ4n) is 3.01. The standard InChI is InChI=1S/C27H44N2O7S.CH4/c1-18(2)10-8-11-19(3)12-9-13-20(4)14-15-37-17-22(25(33)34)28-24(32)21(16-23(30)31)29-26(35)36-27(5,6)7;/h10,12,14,21-22H,8-9,11,13,15-17H2,1-7H3,(H,28,32)(H,29,35)(H,30,31)(H,33,34);1H4/b19-12+,20-14+;/t21?,22-;/m0./s1. The lowest BCUT2D eigenvalue weighted by Crippen LogP contribution is -2.53. The van der Waals surface area contributed by atoms with Gasteiger partial charge in [-0.3, -0.25) is 9.59 Å². The molecule has 0 aliphatic heterocycles.